The molecule has 10 nitrogen and oxygen atoms in total. The van der Waals surface area contributed by atoms with Gasteiger partial charge in [-0.2, -0.15) is 4.98 Å². The van der Waals surface area contributed by atoms with Gasteiger partial charge in [0.2, 0.25) is 17.2 Å². The van der Waals surface area contributed by atoms with Crippen LogP contribution < -0.4 is 21.9 Å². The second kappa shape index (κ2) is 10.3. The average molecular weight is 497 g/mol. The molecular weight excluding hydrogens is 473 g/mol. The molecule has 0 saturated heterocycles. The molecule has 35 heavy (non-hydrogen) atoms. The molecule has 0 aliphatic rings. The number of rotatable bonds is 9. The topological polar surface area (TPSA) is 133 Å². The number of aromatic nitrogens is 1. The third-order valence-electron chi connectivity index (χ3n) is 4.94. The van der Waals surface area contributed by atoms with Gasteiger partial charge in [-0.25, -0.2) is 4.79 Å². The van der Waals surface area contributed by atoms with Crippen molar-refractivity contribution in [2.24, 2.45) is 0 Å². The predicted molar refractivity (Wildman–Crippen MR) is 131 cm³/mol. The summed E-state index contributed by atoms with van der Waals surface area (Å²) in [6.07, 6.45) is 0. The molecule has 0 aliphatic heterocycles. The number of benzene rings is 2. The molecule has 0 bridgehead atoms. The van der Waals surface area contributed by atoms with Gasteiger partial charge in [0.05, 0.1) is 13.2 Å². The normalized spacial score (nSPS) is 11.5. The van der Waals surface area contributed by atoms with Crippen LogP contribution >= 0.6 is 7.60 Å². The van der Waals surface area contributed by atoms with Gasteiger partial charge in [-0.05, 0) is 45.0 Å². The molecule has 4 aromatic rings. The molecular formula is C24H24N3O7P. The number of hydrogen-bond acceptors (Lipinski definition) is 9. The highest BCUT2D eigenvalue weighted by atomic mass is 31.2. The molecule has 2 aromatic heterocycles. The lowest BCUT2D eigenvalue weighted by molar-refractivity contribution is 0.0958. The van der Waals surface area contributed by atoms with E-state index in [0.29, 0.717) is 16.5 Å². The standard InChI is InChI=1S/C24H24N3O7P/c1-4-31-35(30,32-5-2)23-22(34-21(25-23)16-12-10-15(3)11-13-16)27-26-20(28)18-14-17-8-6-7-9-19(17)33-24(18)29/h6-14,27H,4-5H2,1-3H3,(H,26,28). The zero-order valence-corrected chi connectivity index (χ0v) is 20.3. The summed E-state index contributed by atoms with van der Waals surface area (Å²) in [6, 6.07) is 15.6. The van der Waals surface area contributed by atoms with Gasteiger partial charge >= 0.3 is 13.2 Å². The number of anilines is 1. The number of fused-ring (bicyclic) bond motifs is 1. The molecule has 1 amide bonds. The molecule has 0 saturated carbocycles. The van der Waals surface area contributed by atoms with Crippen molar-refractivity contribution in [3.8, 4) is 11.5 Å². The molecule has 0 fully saturated rings. The highest BCUT2D eigenvalue weighted by molar-refractivity contribution is 7.62. The Hall–Kier alpha value is -3.72. The summed E-state index contributed by atoms with van der Waals surface area (Å²) >= 11 is 0. The maximum atomic E-state index is 13.5. The van der Waals surface area contributed by atoms with Gasteiger partial charge in [-0.15, -0.1) is 0 Å². The van der Waals surface area contributed by atoms with E-state index in [1.807, 2.05) is 19.1 Å². The van der Waals surface area contributed by atoms with Crippen molar-refractivity contribution in [1.29, 1.82) is 0 Å². The van der Waals surface area contributed by atoms with Gasteiger partial charge < -0.3 is 17.9 Å². The molecule has 11 heteroatoms. The maximum Gasteiger partial charge on any atom is 0.385 e. The Morgan fingerprint density at radius 3 is 2.40 bits per heavy atom. The summed E-state index contributed by atoms with van der Waals surface area (Å²) in [5.41, 5.74) is 5.78. The van der Waals surface area contributed by atoms with Gasteiger partial charge in [0.1, 0.15) is 11.1 Å². The summed E-state index contributed by atoms with van der Waals surface area (Å²) in [4.78, 5) is 29.5. The van der Waals surface area contributed by atoms with E-state index < -0.39 is 19.1 Å². The van der Waals surface area contributed by atoms with Crippen molar-refractivity contribution in [3.05, 3.63) is 76.1 Å². The van der Waals surface area contributed by atoms with E-state index in [0.717, 1.165) is 5.56 Å². The summed E-state index contributed by atoms with van der Waals surface area (Å²) in [7, 11) is -3.89. The number of para-hydroxylation sites is 1. The average Bonchev–Trinajstić information content (AvgIpc) is 3.28. The van der Waals surface area contributed by atoms with Crippen LogP contribution in [0.15, 0.2) is 68.2 Å². The minimum Gasteiger partial charge on any atom is -0.422 e. The molecule has 0 spiro atoms. The third kappa shape index (κ3) is 5.19. The Bertz CT molecular complexity index is 1450. The molecule has 0 aliphatic carbocycles. The van der Waals surface area contributed by atoms with Gasteiger partial charge in [-0.3, -0.25) is 20.2 Å². The van der Waals surface area contributed by atoms with E-state index in [1.54, 1.807) is 50.2 Å². The fraction of sp³-hybridized carbons (Fsp3) is 0.208. The van der Waals surface area contributed by atoms with Crippen LogP contribution in [0.1, 0.15) is 29.8 Å². The number of nitrogens with zero attached hydrogens (tertiary/aromatic N) is 1. The molecule has 0 unspecified atom stereocenters. The molecule has 2 aromatic carbocycles. The van der Waals surface area contributed by atoms with E-state index in [9.17, 15) is 14.2 Å². The zero-order chi connectivity index (χ0) is 25.0. The summed E-state index contributed by atoms with van der Waals surface area (Å²) < 4.78 is 35.3. The molecule has 0 atom stereocenters. The Morgan fingerprint density at radius 1 is 1.03 bits per heavy atom. The van der Waals surface area contributed by atoms with Crippen LogP contribution in [0.2, 0.25) is 0 Å². The monoisotopic (exact) mass is 497 g/mol. The van der Waals surface area contributed by atoms with Gasteiger partial charge in [0, 0.05) is 10.9 Å². The Kier molecular flexibility index (Phi) is 7.16. The summed E-state index contributed by atoms with van der Waals surface area (Å²) in [5, 5.41) is 0.580. The number of carbonyl (C=O) groups excluding carboxylic acids is 1. The van der Waals surface area contributed by atoms with Crippen molar-refractivity contribution in [2.45, 2.75) is 20.8 Å². The van der Waals surface area contributed by atoms with E-state index in [1.165, 1.54) is 6.07 Å². The molecule has 0 radical (unpaired) electrons. The van der Waals surface area contributed by atoms with Crippen LogP contribution in [0.4, 0.5) is 5.88 Å². The number of hydrazine groups is 1. The van der Waals surface area contributed by atoms with Crippen LogP contribution in [0.5, 0.6) is 0 Å². The zero-order valence-electron chi connectivity index (χ0n) is 19.4. The Balaban J connectivity index is 1.68. The first kappa shape index (κ1) is 24.4. The van der Waals surface area contributed by atoms with Gasteiger partial charge in [0.15, 0.2) is 0 Å². The van der Waals surface area contributed by atoms with Crippen molar-refractivity contribution >= 4 is 35.8 Å². The maximum absolute atomic E-state index is 13.5. The van der Waals surface area contributed by atoms with Crippen molar-refractivity contribution in [2.75, 3.05) is 18.6 Å². The second-order valence-electron chi connectivity index (χ2n) is 7.44. The first-order chi connectivity index (χ1) is 16.8. The van der Waals surface area contributed by atoms with E-state index in [-0.39, 0.29) is 36.0 Å². The van der Waals surface area contributed by atoms with Crippen LogP contribution in [0, 0.1) is 6.92 Å². The number of aryl methyl sites for hydroxylation is 1. The molecule has 2 heterocycles. The predicted octanol–water partition coefficient (Wildman–Crippen LogP) is 4.40. The first-order valence-corrected chi connectivity index (χ1v) is 12.5. The quantitative estimate of drug-likeness (QED) is 0.196. The fourth-order valence-corrected chi connectivity index (χ4v) is 4.86. The van der Waals surface area contributed by atoms with Crippen LogP contribution in [-0.2, 0) is 13.6 Å². The lowest BCUT2D eigenvalue weighted by Crippen LogP contribution is -2.34. The highest BCUT2D eigenvalue weighted by Gasteiger charge is 2.36. The van der Waals surface area contributed by atoms with E-state index in [2.05, 4.69) is 15.8 Å². The van der Waals surface area contributed by atoms with E-state index in [4.69, 9.17) is 17.9 Å². The molecule has 2 N–H and O–H groups in total. The van der Waals surface area contributed by atoms with Crippen molar-refractivity contribution in [1.82, 2.24) is 10.4 Å². The molecule has 182 valence electrons. The van der Waals surface area contributed by atoms with Crippen LogP contribution in [0.3, 0.4) is 0 Å². The Morgan fingerprint density at radius 2 is 1.71 bits per heavy atom. The van der Waals surface area contributed by atoms with Crippen LogP contribution in [-0.4, -0.2) is 24.1 Å². The number of hydrogen-bond donors (Lipinski definition) is 2. The van der Waals surface area contributed by atoms with E-state index >= 15 is 0 Å². The minimum absolute atomic E-state index is 0.0912. The Labute approximate surface area is 200 Å². The minimum atomic E-state index is -3.89. The van der Waals surface area contributed by atoms with Gasteiger partial charge in [0.25, 0.3) is 5.91 Å². The lowest BCUT2D eigenvalue weighted by atomic mass is 10.1. The third-order valence-corrected chi connectivity index (χ3v) is 6.96. The van der Waals surface area contributed by atoms with Crippen LogP contribution in [0.25, 0.3) is 22.4 Å². The lowest BCUT2D eigenvalue weighted by Gasteiger charge is -2.15. The summed E-state index contributed by atoms with van der Waals surface area (Å²) in [5.74, 6) is -0.794. The number of amides is 1. The smallest absolute Gasteiger partial charge is 0.385 e. The van der Waals surface area contributed by atoms with Crippen molar-refractivity contribution < 1.29 is 27.2 Å². The van der Waals surface area contributed by atoms with Gasteiger partial charge in [-0.1, -0.05) is 35.9 Å². The first-order valence-electron chi connectivity index (χ1n) is 10.9. The highest BCUT2D eigenvalue weighted by Crippen LogP contribution is 2.49. The number of oxazole rings is 1. The summed E-state index contributed by atoms with van der Waals surface area (Å²) in [6.45, 7) is 5.46. The number of carbonyl (C=O) groups is 1. The SMILES string of the molecule is CCOP(=O)(OCC)c1nc(-c2ccc(C)cc2)oc1NNC(=O)c1cc2ccccc2oc1=O. The second-order valence-corrected chi connectivity index (χ2v) is 9.37. The van der Waals surface area contributed by atoms with Crippen molar-refractivity contribution in [3.63, 3.8) is 0 Å². The largest absolute Gasteiger partial charge is 0.422 e. The fourth-order valence-electron chi connectivity index (χ4n) is 3.30. The molecule has 4 rings (SSSR count). The number of nitrogens with one attached hydrogen (secondary N) is 2.